The highest BCUT2D eigenvalue weighted by Gasteiger charge is 3.48. The molecule has 2 N–H and O–H groups in total. The van der Waals surface area contributed by atoms with Gasteiger partial charge in [-0.1, -0.05) is 6.07 Å². The second-order valence-electron chi connectivity index (χ2n) is 15.5. The van der Waals surface area contributed by atoms with E-state index in [4.69, 9.17) is 5.10 Å². The molecule has 222 valence electrons. The van der Waals surface area contributed by atoms with Crippen LogP contribution in [0.2, 0.25) is 0 Å². The number of rotatable bonds is 6. The Bertz CT molecular complexity index is 1910. The summed E-state index contributed by atoms with van der Waals surface area (Å²) in [6, 6.07) is 4.06. The van der Waals surface area contributed by atoms with Crippen LogP contribution in [-0.2, 0) is 26.5 Å². The number of hydrogen-bond donors (Lipinski definition) is 2. The number of anilines is 1. The molecule has 10 unspecified atom stereocenters. The van der Waals surface area contributed by atoms with Gasteiger partial charge in [-0.15, -0.1) is 0 Å². The zero-order chi connectivity index (χ0) is 29.5. The Morgan fingerprint density at radius 2 is 1.89 bits per heavy atom. The molecular weight excluding hydrogens is 560 g/mol. The molecule has 2 saturated heterocycles. The van der Waals surface area contributed by atoms with E-state index in [0.717, 1.165) is 71.4 Å². The van der Waals surface area contributed by atoms with Gasteiger partial charge in [-0.3, -0.25) is 38.9 Å². The van der Waals surface area contributed by atoms with Crippen LogP contribution in [0.3, 0.4) is 0 Å². The van der Waals surface area contributed by atoms with E-state index in [0.29, 0.717) is 29.0 Å². The van der Waals surface area contributed by atoms with Crippen LogP contribution < -0.4 is 10.6 Å². The summed E-state index contributed by atoms with van der Waals surface area (Å²) in [5, 5.41) is 10.3. The van der Waals surface area contributed by atoms with Crippen molar-refractivity contribution >= 4 is 35.2 Å². The van der Waals surface area contributed by atoms with Crippen LogP contribution in [0.4, 0.5) is 5.69 Å². The van der Waals surface area contributed by atoms with Gasteiger partial charge >= 0.3 is 0 Å². The number of piperidine rings is 2. The maximum atomic E-state index is 13.9. The van der Waals surface area contributed by atoms with Crippen molar-refractivity contribution in [3.05, 3.63) is 47.3 Å². The lowest BCUT2D eigenvalue weighted by Gasteiger charge is -2.60. The van der Waals surface area contributed by atoms with Gasteiger partial charge in [-0.05, 0) is 73.3 Å². The lowest BCUT2D eigenvalue weighted by molar-refractivity contribution is -0.175. The molecule has 0 bridgehead atoms. The average Bonchev–Trinajstić information content (AvgIpc) is 3.41. The van der Waals surface area contributed by atoms with Crippen molar-refractivity contribution in [1.82, 2.24) is 24.9 Å². The van der Waals surface area contributed by atoms with Crippen molar-refractivity contribution in [3.63, 3.8) is 0 Å². The zero-order valence-corrected chi connectivity index (χ0v) is 24.1. The minimum absolute atomic E-state index is 0.0804. The minimum atomic E-state index is -1.000. The minimum Gasteiger partial charge on any atom is -0.380 e. The molecule has 6 saturated carbocycles. The molecule has 4 heterocycles. The highest BCUT2D eigenvalue weighted by atomic mass is 16.2. The molecule has 5 amide bonds. The first-order chi connectivity index (χ1) is 21.2. The summed E-state index contributed by atoms with van der Waals surface area (Å²) in [7, 11) is 0. The predicted molar refractivity (Wildman–Crippen MR) is 149 cm³/mol. The van der Waals surface area contributed by atoms with Crippen molar-refractivity contribution in [1.29, 1.82) is 0 Å². The summed E-state index contributed by atoms with van der Waals surface area (Å²) in [5.74, 6) is 3.10. The van der Waals surface area contributed by atoms with Gasteiger partial charge in [0.15, 0.2) is 0 Å². The van der Waals surface area contributed by atoms with E-state index in [1.807, 2.05) is 17.1 Å². The maximum absolute atomic E-state index is 13.9. The van der Waals surface area contributed by atoms with Gasteiger partial charge in [0.1, 0.15) is 6.04 Å². The van der Waals surface area contributed by atoms with Gasteiger partial charge in [0, 0.05) is 54.3 Å². The molecule has 3 spiro atoms. The van der Waals surface area contributed by atoms with E-state index in [-0.39, 0.29) is 34.9 Å². The third-order valence-corrected chi connectivity index (χ3v) is 15.0. The van der Waals surface area contributed by atoms with Crippen molar-refractivity contribution < 1.29 is 24.0 Å². The van der Waals surface area contributed by atoms with Crippen LogP contribution in [0.5, 0.6) is 0 Å². The molecule has 44 heavy (non-hydrogen) atoms. The number of nitrogens with zero attached hydrogens (tertiary/aromatic N) is 4. The number of nitrogens with one attached hydrogen (secondary N) is 2. The number of imide groups is 2. The van der Waals surface area contributed by atoms with E-state index in [9.17, 15) is 24.0 Å². The number of amides is 5. The normalized spacial score (nSPS) is 47.2. The maximum Gasteiger partial charge on any atom is 0.264 e. The second kappa shape index (κ2) is 6.23. The van der Waals surface area contributed by atoms with Crippen LogP contribution in [0.15, 0.2) is 30.6 Å². The molecule has 11 nitrogen and oxygen atoms in total. The van der Waals surface area contributed by atoms with Crippen LogP contribution in [-0.4, -0.2) is 68.2 Å². The van der Waals surface area contributed by atoms with E-state index in [2.05, 4.69) is 22.5 Å². The van der Waals surface area contributed by atoms with Crippen LogP contribution in [0.1, 0.15) is 58.9 Å². The summed E-state index contributed by atoms with van der Waals surface area (Å²) in [5.41, 5.74) is 3.65. The topological polar surface area (TPSA) is 134 Å². The molecule has 1 aromatic heterocycles. The Balaban J connectivity index is 0.730. The van der Waals surface area contributed by atoms with Gasteiger partial charge in [-0.2, -0.15) is 5.10 Å². The van der Waals surface area contributed by atoms with Crippen LogP contribution in [0, 0.1) is 51.2 Å². The smallest absolute Gasteiger partial charge is 0.264 e. The molecule has 0 radical (unpaired) electrons. The van der Waals surface area contributed by atoms with Crippen molar-refractivity contribution in [2.75, 3.05) is 18.4 Å². The molecule has 11 heteroatoms. The molecule has 1 aromatic carbocycles. The fourth-order valence-corrected chi connectivity index (χ4v) is 14.1. The lowest BCUT2D eigenvalue weighted by atomic mass is 9.44. The monoisotopic (exact) mass is 590 g/mol. The Labute approximate surface area is 251 Å². The summed E-state index contributed by atoms with van der Waals surface area (Å²) in [6.07, 6.45) is 5.80. The summed E-state index contributed by atoms with van der Waals surface area (Å²) < 4.78 is 2.03. The number of hydrogen-bond acceptors (Lipinski definition) is 7. The Morgan fingerprint density at radius 1 is 1.07 bits per heavy atom. The molecule has 10 atom stereocenters. The second-order valence-corrected chi connectivity index (χ2v) is 15.5. The SMILES string of the molecule is CC1(n2cc(CNc3cccc4c3C(=O)N(C3CCC(=O)NC3=O)C4=O)cn2)CCN(C(=O)C23C4C5C6C4C24C52C6C324)CC1. The first kappa shape index (κ1) is 23.4. The number of carbonyl (C=O) groups excluding carboxylic acids is 5. The number of carbonyl (C=O) groups is 5. The fraction of sp³-hybridized carbons (Fsp3) is 0.576. The number of fused-ring (bicyclic) bond motifs is 7. The van der Waals surface area contributed by atoms with Gasteiger partial charge in [0.25, 0.3) is 11.8 Å². The first-order valence-electron chi connectivity index (χ1n) is 16.2. The first-order valence-corrected chi connectivity index (χ1v) is 16.2. The molecule has 8 fully saturated rings. The van der Waals surface area contributed by atoms with Crippen LogP contribution >= 0.6 is 0 Å². The van der Waals surface area contributed by atoms with E-state index < -0.39 is 29.7 Å². The van der Waals surface area contributed by atoms with Gasteiger partial charge in [-0.25, -0.2) is 0 Å². The Kier molecular flexibility index (Phi) is 3.31. The number of aromatic nitrogens is 2. The van der Waals surface area contributed by atoms with E-state index in [1.165, 1.54) is 0 Å². The third kappa shape index (κ3) is 1.72. The quantitative estimate of drug-likeness (QED) is 0.486. The summed E-state index contributed by atoms with van der Waals surface area (Å²) in [6.45, 7) is 4.20. The highest BCUT2D eigenvalue weighted by molar-refractivity contribution is 6.25. The molecule has 6 aliphatic carbocycles. The zero-order valence-electron chi connectivity index (χ0n) is 24.1. The molecule has 3 aliphatic heterocycles. The standard InChI is InChI=1S/C33H30N6O5/c1-29(7-9-37(10-8-29)28(44)31-23-21-20-22(23)32(31)30(21)24(20)33(30,31)32)38-13-14(12-35-38)11-34-16-4-2-3-15-19(16)27(43)39(26(15)42)17-5-6-18(40)36-25(17)41/h2-4,12-13,17,20-24,34H,5-11H2,1H3,(H,36,40,41). The number of benzene rings is 1. The predicted octanol–water partition coefficient (Wildman–Crippen LogP) is 1.36. The largest absolute Gasteiger partial charge is 0.380 e. The Hall–Kier alpha value is -4.02. The van der Waals surface area contributed by atoms with Gasteiger partial charge in [0.2, 0.25) is 17.7 Å². The lowest BCUT2D eigenvalue weighted by Crippen LogP contribution is -2.63. The van der Waals surface area contributed by atoms with Crippen molar-refractivity contribution in [2.24, 2.45) is 51.2 Å². The molecule has 9 aliphatic rings. The number of likely N-dealkylation sites (tertiary alicyclic amines) is 1. The Morgan fingerprint density at radius 3 is 2.57 bits per heavy atom. The van der Waals surface area contributed by atoms with Gasteiger partial charge < -0.3 is 10.2 Å². The van der Waals surface area contributed by atoms with Crippen molar-refractivity contribution in [3.8, 4) is 0 Å². The fourth-order valence-electron chi connectivity index (χ4n) is 14.1. The van der Waals surface area contributed by atoms with E-state index >= 15 is 0 Å². The van der Waals surface area contributed by atoms with Gasteiger partial charge in [0.05, 0.1) is 28.3 Å². The van der Waals surface area contributed by atoms with Crippen LogP contribution in [0.25, 0.3) is 0 Å². The molecule has 2 aromatic rings. The van der Waals surface area contributed by atoms with Crippen molar-refractivity contribution in [2.45, 2.75) is 50.7 Å². The summed E-state index contributed by atoms with van der Waals surface area (Å²) >= 11 is 0. The average molecular weight is 591 g/mol. The highest BCUT2D eigenvalue weighted by Crippen LogP contribution is 3.47. The molecule has 11 rings (SSSR count). The van der Waals surface area contributed by atoms with E-state index in [1.54, 1.807) is 18.2 Å². The third-order valence-electron chi connectivity index (χ3n) is 15.0. The summed E-state index contributed by atoms with van der Waals surface area (Å²) in [4.78, 5) is 67.7. The molecular formula is C33H30N6O5.